The second-order valence-corrected chi connectivity index (χ2v) is 8.14. The number of hydrogen-bond donors (Lipinski definition) is 1. The summed E-state index contributed by atoms with van der Waals surface area (Å²) in [7, 11) is 1.57. The molecule has 0 aliphatic rings. The van der Waals surface area contributed by atoms with Crippen LogP contribution < -0.4 is 10.9 Å². The highest BCUT2D eigenvalue weighted by Crippen LogP contribution is 2.26. The summed E-state index contributed by atoms with van der Waals surface area (Å²) >= 11 is 13.2. The quantitative estimate of drug-likeness (QED) is 0.418. The average molecular weight is 452 g/mol. The molecule has 6 nitrogen and oxygen atoms in total. The highest BCUT2D eigenvalue weighted by atomic mass is 35.5. The zero-order valence-corrected chi connectivity index (χ0v) is 18.1. The van der Waals surface area contributed by atoms with Gasteiger partial charge in [0.15, 0.2) is 5.16 Å². The van der Waals surface area contributed by atoms with Crippen molar-refractivity contribution < 1.29 is 9.53 Å². The lowest BCUT2D eigenvalue weighted by Gasteiger charge is -2.18. The Labute approximate surface area is 182 Å². The Morgan fingerprint density at radius 1 is 1.28 bits per heavy atom. The van der Waals surface area contributed by atoms with Crippen molar-refractivity contribution in [2.75, 3.05) is 24.8 Å². The molecule has 9 heteroatoms. The summed E-state index contributed by atoms with van der Waals surface area (Å²) in [6.07, 6.45) is 0. The topological polar surface area (TPSA) is 73.2 Å². The molecule has 152 valence electrons. The zero-order chi connectivity index (χ0) is 21.0. The molecule has 3 rings (SSSR count). The van der Waals surface area contributed by atoms with Crippen LogP contribution in [0.5, 0.6) is 0 Å². The second kappa shape index (κ2) is 9.63. The zero-order valence-electron chi connectivity index (χ0n) is 15.8. The van der Waals surface area contributed by atoms with E-state index in [0.717, 1.165) is 0 Å². The normalized spacial score (nSPS) is 12.1. The third kappa shape index (κ3) is 5.11. The minimum Gasteiger partial charge on any atom is -0.383 e. The number of carbonyl (C=O) groups excluding carboxylic acids is 1. The van der Waals surface area contributed by atoms with Crippen molar-refractivity contribution in [3.63, 3.8) is 0 Å². The molecule has 0 fully saturated rings. The fourth-order valence-corrected chi connectivity index (χ4v) is 4.08. The van der Waals surface area contributed by atoms with Crippen molar-refractivity contribution in [3.05, 3.63) is 62.9 Å². The van der Waals surface area contributed by atoms with Gasteiger partial charge in [-0.25, -0.2) is 4.98 Å². The minimum atomic E-state index is -0.285. The number of amides is 1. The molecule has 0 aliphatic heterocycles. The summed E-state index contributed by atoms with van der Waals surface area (Å²) in [5, 5.41) is 4.56. The van der Waals surface area contributed by atoms with Crippen LogP contribution in [0.25, 0.3) is 10.9 Å². The number of aromatic nitrogens is 2. The molecule has 3 aromatic rings. The van der Waals surface area contributed by atoms with E-state index < -0.39 is 0 Å². The summed E-state index contributed by atoms with van der Waals surface area (Å²) < 4.78 is 6.77. The summed E-state index contributed by atoms with van der Waals surface area (Å²) in [6, 6.07) is 11.7. The van der Waals surface area contributed by atoms with Gasteiger partial charge in [-0.2, -0.15) is 0 Å². The molecule has 0 unspecified atom stereocenters. The molecule has 1 atom stereocenters. The number of nitrogens with one attached hydrogen (secondary N) is 1. The number of carbonyl (C=O) groups is 1. The van der Waals surface area contributed by atoms with Crippen LogP contribution in [0.1, 0.15) is 13.0 Å². The van der Waals surface area contributed by atoms with Crippen molar-refractivity contribution in [3.8, 4) is 0 Å². The van der Waals surface area contributed by atoms with Gasteiger partial charge < -0.3 is 10.1 Å². The highest BCUT2D eigenvalue weighted by molar-refractivity contribution is 7.99. The molecular weight excluding hydrogens is 433 g/mol. The first-order valence-corrected chi connectivity index (χ1v) is 10.5. The predicted molar refractivity (Wildman–Crippen MR) is 118 cm³/mol. The van der Waals surface area contributed by atoms with Crippen LogP contribution in [-0.2, 0) is 9.53 Å². The van der Waals surface area contributed by atoms with Crippen molar-refractivity contribution in [2.45, 2.75) is 18.1 Å². The van der Waals surface area contributed by atoms with Gasteiger partial charge in [0.2, 0.25) is 5.91 Å². The molecule has 0 saturated carbocycles. The lowest BCUT2D eigenvalue weighted by molar-refractivity contribution is -0.113. The maximum Gasteiger partial charge on any atom is 0.262 e. The number of ether oxygens (including phenoxy) is 1. The first kappa shape index (κ1) is 21.6. The molecule has 0 aliphatic carbocycles. The number of benzene rings is 2. The number of thioether (sulfide) groups is 1. The lowest BCUT2D eigenvalue weighted by Crippen LogP contribution is -2.29. The van der Waals surface area contributed by atoms with Gasteiger partial charge in [-0.3, -0.25) is 14.2 Å². The van der Waals surface area contributed by atoms with Gasteiger partial charge in [0, 0.05) is 12.1 Å². The van der Waals surface area contributed by atoms with Crippen molar-refractivity contribution >= 4 is 57.5 Å². The standard InChI is InChI=1S/C20H19Cl2N3O3S/c1-12(10-28-2)25-19(27)14-5-3-4-6-16(14)24-20(25)29-11-18(26)23-17-9-13(21)7-8-15(17)22/h3-9,12H,10-11H2,1-2H3,(H,23,26)/t12-/m1/s1. The highest BCUT2D eigenvalue weighted by Gasteiger charge is 2.18. The van der Waals surface area contributed by atoms with Crippen molar-refractivity contribution in [1.82, 2.24) is 9.55 Å². The van der Waals surface area contributed by atoms with Crippen molar-refractivity contribution in [1.29, 1.82) is 0 Å². The fourth-order valence-electron chi connectivity index (χ4n) is 2.84. The number of hydrogen-bond acceptors (Lipinski definition) is 5. The molecule has 1 heterocycles. The smallest absolute Gasteiger partial charge is 0.262 e. The molecule has 0 saturated heterocycles. The Bertz CT molecular complexity index is 1100. The maximum atomic E-state index is 13.0. The van der Waals surface area contributed by atoms with Gasteiger partial charge in [-0.15, -0.1) is 0 Å². The van der Waals surface area contributed by atoms with Gasteiger partial charge in [-0.1, -0.05) is 47.1 Å². The van der Waals surface area contributed by atoms with Crippen molar-refractivity contribution in [2.24, 2.45) is 0 Å². The molecular formula is C20H19Cl2N3O3S. The second-order valence-electron chi connectivity index (χ2n) is 6.35. The van der Waals surface area contributed by atoms with E-state index in [-0.39, 0.29) is 23.3 Å². The van der Waals surface area contributed by atoms with Crippen LogP contribution in [0.15, 0.2) is 52.4 Å². The predicted octanol–water partition coefficient (Wildman–Crippen LogP) is 4.64. The van der Waals surface area contributed by atoms with Gasteiger partial charge in [0.1, 0.15) is 0 Å². The van der Waals surface area contributed by atoms with E-state index in [2.05, 4.69) is 10.3 Å². The first-order valence-electron chi connectivity index (χ1n) is 8.78. The molecule has 0 radical (unpaired) electrons. The fraction of sp³-hybridized carbons (Fsp3) is 0.250. The summed E-state index contributed by atoms with van der Waals surface area (Å²) in [6.45, 7) is 2.22. The average Bonchev–Trinajstić information content (AvgIpc) is 2.69. The Kier molecular flexibility index (Phi) is 7.18. The molecule has 0 bridgehead atoms. The van der Waals surface area contributed by atoms with E-state index in [0.29, 0.717) is 38.4 Å². The largest absolute Gasteiger partial charge is 0.383 e. The van der Waals surface area contributed by atoms with Crippen LogP contribution in [0, 0.1) is 0 Å². The third-order valence-corrected chi connectivity index (χ3v) is 5.68. The van der Waals surface area contributed by atoms with Gasteiger partial charge in [-0.05, 0) is 37.3 Å². The molecule has 1 N–H and O–H groups in total. The SMILES string of the molecule is COC[C@@H](C)n1c(SCC(=O)Nc2cc(Cl)ccc2Cl)nc2ccccc2c1=O. The van der Waals surface area contributed by atoms with E-state index in [1.807, 2.05) is 13.0 Å². The first-order chi connectivity index (χ1) is 13.9. The van der Waals surface area contributed by atoms with Gasteiger partial charge in [0.25, 0.3) is 5.56 Å². The summed E-state index contributed by atoms with van der Waals surface area (Å²) in [5.41, 5.74) is 0.849. The Morgan fingerprint density at radius 3 is 2.79 bits per heavy atom. The Morgan fingerprint density at radius 2 is 2.03 bits per heavy atom. The third-order valence-electron chi connectivity index (χ3n) is 4.16. The number of halogens is 2. The van der Waals surface area contributed by atoms with Crippen LogP contribution in [0.4, 0.5) is 5.69 Å². The summed E-state index contributed by atoms with van der Waals surface area (Å²) in [4.78, 5) is 30.0. The van der Waals surface area contributed by atoms with Gasteiger partial charge in [0.05, 0.1) is 40.0 Å². The monoisotopic (exact) mass is 451 g/mol. The number of methoxy groups -OCH3 is 1. The number of para-hydroxylation sites is 1. The van der Waals surface area contributed by atoms with E-state index in [1.54, 1.807) is 48.1 Å². The Balaban J connectivity index is 1.86. The number of anilines is 1. The van der Waals surface area contributed by atoms with Crippen LogP contribution in [0.3, 0.4) is 0 Å². The number of rotatable bonds is 7. The molecule has 1 aromatic heterocycles. The molecule has 2 aromatic carbocycles. The summed E-state index contributed by atoms with van der Waals surface area (Å²) in [5.74, 6) is -0.236. The number of nitrogens with zero attached hydrogens (tertiary/aromatic N) is 2. The minimum absolute atomic E-state index is 0.0489. The molecule has 0 spiro atoms. The lowest BCUT2D eigenvalue weighted by atomic mass is 10.2. The number of fused-ring (bicyclic) bond motifs is 1. The van der Waals surface area contributed by atoms with E-state index >= 15 is 0 Å². The van der Waals surface area contributed by atoms with E-state index in [1.165, 1.54) is 11.8 Å². The Hall–Kier alpha value is -2.06. The van der Waals surface area contributed by atoms with E-state index in [9.17, 15) is 9.59 Å². The maximum absolute atomic E-state index is 13.0. The van der Waals surface area contributed by atoms with Gasteiger partial charge >= 0.3 is 0 Å². The van der Waals surface area contributed by atoms with Crippen LogP contribution in [0.2, 0.25) is 10.0 Å². The van der Waals surface area contributed by atoms with E-state index in [4.69, 9.17) is 27.9 Å². The molecule has 1 amide bonds. The van der Waals surface area contributed by atoms with Crippen LogP contribution in [-0.4, -0.2) is 34.9 Å². The van der Waals surface area contributed by atoms with Crippen LogP contribution >= 0.6 is 35.0 Å². The molecule has 29 heavy (non-hydrogen) atoms.